The lowest BCUT2D eigenvalue weighted by molar-refractivity contribution is -0.135. The average molecular weight is 286 g/mol. The molecule has 1 aromatic carbocycles. The molecule has 0 radical (unpaired) electrons. The van der Waals surface area contributed by atoms with E-state index in [-0.39, 0.29) is 5.97 Å². The molecular formula is C17H18O2S. The summed E-state index contributed by atoms with van der Waals surface area (Å²) in [5.74, 6) is 0.297. The smallest absolute Gasteiger partial charge is 0.337 e. The van der Waals surface area contributed by atoms with E-state index in [0.29, 0.717) is 11.2 Å². The fraction of sp³-hybridized carbons (Fsp3) is 0.353. The summed E-state index contributed by atoms with van der Waals surface area (Å²) in [6, 6.07) is 10.5. The van der Waals surface area contributed by atoms with Crippen LogP contribution in [0, 0.1) is 5.92 Å². The Morgan fingerprint density at radius 3 is 2.80 bits per heavy atom. The maximum atomic E-state index is 11.8. The number of carbonyl (C=O) groups is 1. The summed E-state index contributed by atoms with van der Waals surface area (Å²) < 4.78 is 4.90. The Bertz CT molecular complexity index is 560. The lowest BCUT2D eigenvalue weighted by Gasteiger charge is -2.29. The lowest BCUT2D eigenvalue weighted by atomic mass is 9.85. The van der Waals surface area contributed by atoms with Crippen molar-refractivity contribution in [2.75, 3.05) is 7.11 Å². The number of hydrogen-bond acceptors (Lipinski definition) is 3. The summed E-state index contributed by atoms with van der Waals surface area (Å²) in [7, 11) is 1.46. The molecule has 0 amide bonds. The molecule has 1 aromatic rings. The molecule has 0 aromatic heterocycles. The van der Waals surface area contributed by atoms with Crippen molar-refractivity contribution >= 4 is 17.7 Å². The fourth-order valence-electron chi connectivity index (χ4n) is 3.05. The van der Waals surface area contributed by atoms with Crippen LogP contribution in [-0.4, -0.2) is 18.3 Å². The summed E-state index contributed by atoms with van der Waals surface area (Å²) in [5.41, 5.74) is 2.00. The molecule has 0 N–H and O–H groups in total. The van der Waals surface area contributed by atoms with E-state index in [4.69, 9.17) is 4.74 Å². The Hall–Kier alpha value is -1.48. The zero-order valence-corrected chi connectivity index (χ0v) is 12.4. The molecule has 0 aliphatic heterocycles. The zero-order chi connectivity index (χ0) is 13.9. The second-order valence-corrected chi connectivity index (χ2v) is 6.47. The topological polar surface area (TPSA) is 26.3 Å². The van der Waals surface area contributed by atoms with Crippen molar-refractivity contribution in [3.05, 3.63) is 53.6 Å². The van der Waals surface area contributed by atoms with Crippen molar-refractivity contribution < 1.29 is 9.53 Å². The summed E-state index contributed by atoms with van der Waals surface area (Å²) in [5, 5.41) is 0.527. The van der Waals surface area contributed by atoms with Crippen LogP contribution in [0.25, 0.3) is 0 Å². The van der Waals surface area contributed by atoms with Gasteiger partial charge in [-0.05, 0) is 42.9 Å². The molecule has 104 valence electrons. The fourth-order valence-corrected chi connectivity index (χ4v) is 4.36. The number of esters is 1. The first-order chi connectivity index (χ1) is 9.79. The van der Waals surface area contributed by atoms with Crippen LogP contribution >= 0.6 is 11.8 Å². The highest BCUT2D eigenvalue weighted by molar-refractivity contribution is 8.00. The average Bonchev–Trinajstić information content (AvgIpc) is 2.98. The molecule has 3 heteroatoms. The van der Waals surface area contributed by atoms with Gasteiger partial charge in [-0.15, -0.1) is 11.8 Å². The highest BCUT2D eigenvalue weighted by Gasteiger charge is 2.35. The van der Waals surface area contributed by atoms with Gasteiger partial charge in [0.1, 0.15) is 0 Å². The predicted octanol–water partition coefficient (Wildman–Crippen LogP) is 3.99. The third-order valence-corrected chi connectivity index (χ3v) is 5.36. The minimum Gasteiger partial charge on any atom is -0.465 e. The normalized spacial score (nSPS) is 24.6. The molecule has 0 saturated heterocycles. The molecule has 2 nitrogen and oxygen atoms in total. The number of thioether (sulfide) groups is 1. The number of rotatable bonds is 3. The minimum absolute atomic E-state index is 0.189. The van der Waals surface area contributed by atoms with Gasteiger partial charge in [0.2, 0.25) is 0 Å². The third-order valence-electron chi connectivity index (χ3n) is 3.99. The molecule has 20 heavy (non-hydrogen) atoms. The van der Waals surface area contributed by atoms with Crippen LogP contribution in [0.5, 0.6) is 0 Å². The van der Waals surface area contributed by atoms with Gasteiger partial charge in [-0.2, -0.15) is 0 Å². The van der Waals surface area contributed by atoms with Crippen molar-refractivity contribution in [3.8, 4) is 0 Å². The Balaban J connectivity index is 1.81. The number of fused-ring (bicyclic) bond motifs is 1. The number of carbonyl (C=O) groups excluding carboxylic acids is 1. The highest BCUT2D eigenvalue weighted by Crippen LogP contribution is 2.45. The van der Waals surface area contributed by atoms with Gasteiger partial charge >= 0.3 is 5.97 Å². The minimum atomic E-state index is -0.189. The van der Waals surface area contributed by atoms with E-state index in [0.717, 1.165) is 24.8 Å². The largest absolute Gasteiger partial charge is 0.465 e. The molecule has 2 atom stereocenters. The summed E-state index contributed by atoms with van der Waals surface area (Å²) in [6.07, 6.45) is 7.42. The Morgan fingerprint density at radius 2 is 2.05 bits per heavy atom. The van der Waals surface area contributed by atoms with Crippen LogP contribution in [0.15, 0.2) is 58.5 Å². The number of hydrogen-bond donors (Lipinski definition) is 0. The number of benzene rings is 1. The monoisotopic (exact) mass is 286 g/mol. The Morgan fingerprint density at radius 1 is 1.25 bits per heavy atom. The van der Waals surface area contributed by atoms with E-state index in [2.05, 4.69) is 36.4 Å². The number of ether oxygens (including phenoxy) is 1. The van der Waals surface area contributed by atoms with Gasteiger partial charge in [-0.1, -0.05) is 30.4 Å². The van der Waals surface area contributed by atoms with Crippen LogP contribution in [0.1, 0.15) is 19.3 Å². The van der Waals surface area contributed by atoms with Crippen LogP contribution in [-0.2, 0) is 9.53 Å². The SMILES string of the molecule is COC(=O)C1=CCC(Sc2ccccc2)[C@@H]2CCC=C12. The van der Waals surface area contributed by atoms with Gasteiger partial charge in [-0.25, -0.2) is 4.79 Å². The first kappa shape index (κ1) is 13.5. The Kier molecular flexibility index (Phi) is 3.97. The maximum absolute atomic E-state index is 11.8. The molecule has 0 saturated carbocycles. The highest BCUT2D eigenvalue weighted by atomic mass is 32.2. The van der Waals surface area contributed by atoms with Crippen LogP contribution in [0.4, 0.5) is 0 Å². The van der Waals surface area contributed by atoms with Gasteiger partial charge in [0.15, 0.2) is 0 Å². The van der Waals surface area contributed by atoms with E-state index in [1.807, 2.05) is 17.8 Å². The first-order valence-corrected chi connectivity index (χ1v) is 7.88. The third kappa shape index (κ3) is 2.55. The number of methoxy groups -OCH3 is 1. The molecule has 3 rings (SSSR count). The predicted molar refractivity (Wildman–Crippen MR) is 81.6 cm³/mol. The molecule has 0 fully saturated rings. The molecule has 0 bridgehead atoms. The molecule has 0 spiro atoms. The van der Waals surface area contributed by atoms with Crippen molar-refractivity contribution in [2.45, 2.75) is 29.4 Å². The van der Waals surface area contributed by atoms with Crippen molar-refractivity contribution in [3.63, 3.8) is 0 Å². The van der Waals surface area contributed by atoms with Crippen LogP contribution < -0.4 is 0 Å². The first-order valence-electron chi connectivity index (χ1n) is 7.00. The van der Waals surface area contributed by atoms with Crippen LogP contribution in [0.2, 0.25) is 0 Å². The van der Waals surface area contributed by atoms with E-state index in [9.17, 15) is 4.79 Å². The lowest BCUT2D eigenvalue weighted by Crippen LogP contribution is -2.24. The van der Waals surface area contributed by atoms with E-state index < -0.39 is 0 Å². The standard InChI is InChI=1S/C17H18O2S/c1-19-17(18)15-10-11-16(14-9-5-8-13(14)15)20-12-6-3-2-4-7-12/h2-4,6-8,10,14,16H,5,9,11H2,1H3/t14-,16?/m1/s1. The summed E-state index contributed by atoms with van der Waals surface area (Å²) >= 11 is 1.92. The second-order valence-electron chi connectivity index (χ2n) is 5.16. The van der Waals surface area contributed by atoms with Gasteiger partial charge in [0.25, 0.3) is 0 Å². The van der Waals surface area contributed by atoms with E-state index >= 15 is 0 Å². The van der Waals surface area contributed by atoms with Gasteiger partial charge < -0.3 is 4.74 Å². The Labute approximate surface area is 123 Å². The van der Waals surface area contributed by atoms with Gasteiger partial charge in [-0.3, -0.25) is 0 Å². The van der Waals surface area contributed by atoms with E-state index in [1.54, 1.807) is 0 Å². The maximum Gasteiger partial charge on any atom is 0.337 e. The quantitative estimate of drug-likeness (QED) is 0.786. The van der Waals surface area contributed by atoms with Crippen molar-refractivity contribution in [1.82, 2.24) is 0 Å². The van der Waals surface area contributed by atoms with Gasteiger partial charge in [0.05, 0.1) is 12.7 Å². The van der Waals surface area contributed by atoms with Crippen molar-refractivity contribution in [1.29, 1.82) is 0 Å². The molecule has 2 aliphatic rings. The molecule has 1 unspecified atom stereocenters. The van der Waals surface area contributed by atoms with Gasteiger partial charge in [0, 0.05) is 10.1 Å². The van der Waals surface area contributed by atoms with Crippen LogP contribution in [0.3, 0.4) is 0 Å². The second kappa shape index (κ2) is 5.88. The van der Waals surface area contributed by atoms with Crippen molar-refractivity contribution in [2.24, 2.45) is 5.92 Å². The van der Waals surface area contributed by atoms with E-state index in [1.165, 1.54) is 17.6 Å². The molecule has 2 aliphatic carbocycles. The number of allylic oxidation sites excluding steroid dienone is 2. The zero-order valence-electron chi connectivity index (χ0n) is 11.5. The summed E-state index contributed by atoms with van der Waals surface area (Å²) in [4.78, 5) is 13.1. The molecular weight excluding hydrogens is 268 g/mol. The molecule has 0 heterocycles. The summed E-state index contributed by atoms with van der Waals surface area (Å²) in [6.45, 7) is 0.